The number of benzene rings is 1. The highest BCUT2D eigenvalue weighted by molar-refractivity contribution is 7.18. The van der Waals surface area contributed by atoms with E-state index >= 15 is 0 Å². The zero-order chi connectivity index (χ0) is 17.6. The standard InChI is InChI=1S/C19H22N4OS/c1-14(16-6-4-5-9-20-16)21-13-19-22-17-8-7-15(12-18(17)25-19)24-11-10-23(2)3/h4-9,12H,10-11,13H2,1-3H3. The Morgan fingerprint density at radius 1 is 1.24 bits per heavy atom. The summed E-state index contributed by atoms with van der Waals surface area (Å²) in [6.45, 7) is 4.12. The highest BCUT2D eigenvalue weighted by atomic mass is 32.1. The lowest BCUT2D eigenvalue weighted by molar-refractivity contribution is 0.261. The average molecular weight is 354 g/mol. The fraction of sp³-hybridized carbons (Fsp3) is 0.316. The van der Waals surface area contributed by atoms with E-state index in [4.69, 9.17) is 4.74 Å². The van der Waals surface area contributed by atoms with Crippen LogP contribution in [-0.4, -0.2) is 47.8 Å². The van der Waals surface area contributed by atoms with Gasteiger partial charge in [-0.05, 0) is 51.4 Å². The lowest BCUT2D eigenvalue weighted by Crippen LogP contribution is -2.19. The second-order valence-corrected chi connectivity index (χ2v) is 7.12. The van der Waals surface area contributed by atoms with Gasteiger partial charge in [-0.1, -0.05) is 6.07 Å². The Labute approximate surface area is 152 Å². The van der Waals surface area contributed by atoms with E-state index in [1.54, 1.807) is 17.5 Å². The molecular weight excluding hydrogens is 332 g/mol. The molecule has 0 unspecified atom stereocenters. The number of aromatic nitrogens is 2. The normalized spacial score (nSPS) is 12.1. The maximum atomic E-state index is 5.79. The van der Waals surface area contributed by atoms with E-state index in [9.17, 15) is 0 Å². The van der Waals surface area contributed by atoms with Crippen LogP contribution < -0.4 is 4.74 Å². The van der Waals surface area contributed by atoms with Crippen molar-refractivity contribution in [1.82, 2.24) is 14.9 Å². The largest absolute Gasteiger partial charge is 0.492 e. The minimum Gasteiger partial charge on any atom is -0.492 e. The van der Waals surface area contributed by atoms with E-state index < -0.39 is 0 Å². The van der Waals surface area contributed by atoms with E-state index in [-0.39, 0.29) is 0 Å². The van der Waals surface area contributed by atoms with Gasteiger partial charge in [0.05, 0.1) is 28.2 Å². The van der Waals surface area contributed by atoms with Crippen molar-refractivity contribution in [2.24, 2.45) is 4.99 Å². The number of pyridine rings is 1. The third-order valence-corrected chi connectivity index (χ3v) is 4.70. The van der Waals surface area contributed by atoms with Crippen molar-refractivity contribution in [3.05, 3.63) is 53.3 Å². The lowest BCUT2D eigenvalue weighted by Gasteiger charge is -2.10. The Bertz CT molecular complexity index is 858. The summed E-state index contributed by atoms with van der Waals surface area (Å²) in [6.07, 6.45) is 1.78. The molecule has 0 aliphatic carbocycles. The molecule has 0 spiro atoms. The fourth-order valence-electron chi connectivity index (χ4n) is 2.30. The molecule has 2 heterocycles. The highest BCUT2D eigenvalue weighted by Crippen LogP contribution is 2.27. The van der Waals surface area contributed by atoms with Crippen molar-refractivity contribution < 1.29 is 4.74 Å². The van der Waals surface area contributed by atoms with Crippen LogP contribution in [0.2, 0.25) is 0 Å². The zero-order valence-electron chi connectivity index (χ0n) is 14.8. The summed E-state index contributed by atoms with van der Waals surface area (Å²) in [7, 11) is 4.07. The van der Waals surface area contributed by atoms with Crippen LogP contribution in [0, 0.1) is 0 Å². The molecule has 0 fully saturated rings. The number of aliphatic imine (C=N–C) groups is 1. The number of ether oxygens (including phenoxy) is 1. The molecule has 3 aromatic rings. The van der Waals surface area contributed by atoms with E-state index in [0.29, 0.717) is 13.2 Å². The first-order valence-corrected chi connectivity index (χ1v) is 9.03. The maximum Gasteiger partial charge on any atom is 0.120 e. The first kappa shape index (κ1) is 17.5. The second-order valence-electron chi connectivity index (χ2n) is 6.01. The van der Waals surface area contributed by atoms with Crippen LogP contribution in [0.1, 0.15) is 17.6 Å². The SMILES string of the molecule is CC(=NCc1nc2ccc(OCCN(C)C)cc2s1)c1ccccn1. The molecular formula is C19H22N4OS. The van der Waals surface area contributed by atoms with Crippen LogP contribution in [0.4, 0.5) is 0 Å². The van der Waals surface area contributed by atoms with Gasteiger partial charge in [0.1, 0.15) is 17.4 Å². The Balaban J connectivity index is 1.68. The number of hydrogen-bond acceptors (Lipinski definition) is 6. The molecule has 5 nitrogen and oxygen atoms in total. The molecule has 0 amide bonds. The van der Waals surface area contributed by atoms with Crippen molar-refractivity contribution in [2.45, 2.75) is 13.5 Å². The first-order valence-electron chi connectivity index (χ1n) is 8.21. The molecule has 1 aromatic carbocycles. The van der Waals surface area contributed by atoms with Crippen LogP contribution >= 0.6 is 11.3 Å². The molecule has 130 valence electrons. The summed E-state index contributed by atoms with van der Waals surface area (Å²) >= 11 is 1.66. The van der Waals surface area contributed by atoms with Crippen LogP contribution in [0.15, 0.2) is 47.6 Å². The number of nitrogens with zero attached hydrogens (tertiary/aromatic N) is 4. The number of thiazole rings is 1. The molecule has 0 aliphatic heterocycles. The number of fused-ring (bicyclic) bond motifs is 1. The zero-order valence-corrected chi connectivity index (χ0v) is 15.6. The van der Waals surface area contributed by atoms with E-state index in [0.717, 1.165) is 38.9 Å². The predicted molar refractivity (Wildman–Crippen MR) is 104 cm³/mol. The van der Waals surface area contributed by atoms with Crippen LogP contribution in [0.3, 0.4) is 0 Å². The molecule has 0 aliphatic rings. The highest BCUT2D eigenvalue weighted by Gasteiger charge is 2.06. The van der Waals surface area contributed by atoms with Crippen LogP contribution in [0.25, 0.3) is 10.2 Å². The lowest BCUT2D eigenvalue weighted by atomic mass is 10.2. The summed E-state index contributed by atoms with van der Waals surface area (Å²) in [4.78, 5) is 15.7. The Morgan fingerprint density at radius 3 is 2.88 bits per heavy atom. The Hall–Kier alpha value is -2.31. The first-order chi connectivity index (χ1) is 12.1. The summed E-state index contributed by atoms with van der Waals surface area (Å²) in [6, 6.07) is 11.9. The average Bonchev–Trinajstić information content (AvgIpc) is 3.02. The van der Waals surface area contributed by atoms with Crippen molar-refractivity contribution in [3.8, 4) is 5.75 Å². The molecule has 6 heteroatoms. The number of hydrogen-bond donors (Lipinski definition) is 0. The van der Waals surface area contributed by atoms with Gasteiger partial charge < -0.3 is 9.64 Å². The van der Waals surface area contributed by atoms with E-state index in [1.165, 1.54) is 0 Å². The van der Waals surface area contributed by atoms with Gasteiger partial charge in [-0.2, -0.15) is 0 Å². The molecule has 25 heavy (non-hydrogen) atoms. The number of rotatable bonds is 7. The van der Waals surface area contributed by atoms with Crippen molar-refractivity contribution in [3.63, 3.8) is 0 Å². The molecule has 0 saturated carbocycles. The third-order valence-electron chi connectivity index (χ3n) is 3.70. The predicted octanol–water partition coefficient (Wildman–Crippen LogP) is 3.64. The van der Waals surface area contributed by atoms with Gasteiger partial charge in [0, 0.05) is 12.7 Å². The minimum absolute atomic E-state index is 0.568. The number of likely N-dealkylation sites (N-methyl/N-ethyl adjacent to an activating group) is 1. The maximum absolute atomic E-state index is 5.79. The van der Waals surface area contributed by atoms with Crippen LogP contribution in [-0.2, 0) is 6.54 Å². The van der Waals surface area contributed by atoms with Crippen molar-refractivity contribution in [2.75, 3.05) is 27.2 Å². The van der Waals surface area contributed by atoms with Gasteiger partial charge in [0.25, 0.3) is 0 Å². The van der Waals surface area contributed by atoms with Gasteiger partial charge in [-0.3, -0.25) is 9.98 Å². The van der Waals surface area contributed by atoms with Gasteiger partial charge in [0.2, 0.25) is 0 Å². The fourth-order valence-corrected chi connectivity index (χ4v) is 3.22. The Morgan fingerprint density at radius 2 is 2.12 bits per heavy atom. The Kier molecular flexibility index (Phi) is 5.73. The summed E-state index contributed by atoms with van der Waals surface area (Å²) in [5.74, 6) is 0.887. The smallest absolute Gasteiger partial charge is 0.120 e. The van der Waals surface area contributed by atoms with Gasteiger partial charge in [0.15, 0.2) is 0 Å². The van der Waals surface area contributed by atoms with Gasteiger partial charge in [-0.25, -0.2) is 4.98 Å². The van der Waals surface area contributed by atoms with E-state index in [1.807, 2.05) is 51.4 Å². The topological polar surface area (TPSA) is 50.6 Å². The van der Waals surface area contributed by atoms with Crippen LogP contribution in [0.5, 0.6) is 5.75 Å². The molecule has 0 N–H and O–H groups in total. The van der Waals surface area contributed by atoms with Crippen molar-refractivity contribution in [1.29, 1.82) is 0 Å². The second kappa shape index (κ2) is 8.18. The molecule has 0 radical (unpaired) electrons. The monoisotopic (exact) mass is 354 g/mol. The summed E-state index contributed by atoms with van der Waals surface area (Å²) in [5, 5.41) is 0.996. The quantitative estimate of drug-likeness (QED) is 0.608. The molecule has 0 saturated heterocycles. The summed E-state index contributed by atoms with van der Waals surface area (Å²) < 4.78 is 6.92. The van der Waals surface area contributed by atoms with E-state index in [2.05, 4.69) is 25.9 Å². The minimum atomic E-state index is 0.568. The molecule has 0 bridgehead atoms. The van der Waals surface area contributed by atoms with Gasteiger partial charge in [-0.15, -0.1) is 11.3 Å². The molecule has 2 aromatic heterocycles. The van der Waals surface area contributed by atoms with Crippen molar-refractivity contribution >= 4 is 27.3 Å². The van der Waals surface area contributed by atoms with Gasteiger partial charge >= 0.3 is 0 Å². The molecule has 0 atom stereocenters. The third kappa shape index (κ3) is 4.84. The molecule has 3 rings (SSSR count). The summed E-state index contributed by atoms with van der Waals surface area (Å²) in [5.41, 5.74) is 2.82.